The zero-order chi connectivity index (χ0) is 22.6. The summed E-state index contributed by atoms with van der Waals surface area (Å²) < 4.78 is 4.69. The number of carbonyl (C=O) groups is 1. The molecule has 1 saturated heterocycles. The molecule has 0 atom stereocenters. The number of aromatic nitrogens is 4. The highest BCUT2D eigenvalue weighted by atomic mass is 16.5. The van der Waals surface area contributed by atoms with Crippen molar-refractivity contribution in [3.05, 3.63) is 83.7 Å². The Morgan fingerprint density at radius 2 is 1.48 bits per heavy atom. The standard InChI is InChI=1S/C25H24N6O2/c1-33-25(32)21-11-12-23(28-26-21)30-13-15-31(16-14-30)24-20-10-6-5-9-19(20)22(27-29-24)17-18-7-3-2-4-8-18/h2-12H,13-17H2,1H3. The van der Waals surface area contributed by atoms with Crippen LogP contribution < -0.4 is 9.80 Å². The molecule has 5 rings (SSSR count). The van der Waals surface area contributed by atoms with Crippen LogP contribution in [-0.4, -0.2) is 59.7 Å². The summed E-state index contributed by atoms with van der Waals surface area (Å²) in [6.45, 7) is 3.12. The van der Waals surface area contributed by atoms with Gasteiger partial charge in [0, 0.05) is 43.4 Å². The molecule has 8 heteroatoms. The van der Waals surface area contributed by atoms with E-state index in [-0.39, 0.29) is 5.69 Å². The average molecular weight is 441 g/mol. The molecule has 0 aliphatic carbocycles. The Hall–Kier alpha value is -4.07. The number of rotatable bonds is 5. The number of anilines is 2. The first-order valence-electron chi connectivity index (χ1n) is 10.9. The van der Waals surface area contributed by atoms with Gasteiger partial charge in [-0.05, 0) is 17.7 Å². The van der Waals surface area contributed by atoms with Crippen LogP contribution in [0.5, 0.6) is 0 Å². The largest absolute Gasteiger partial charge is 0.464 e. The molecule has 2 aromatic carbocycles. The average Bonchev–Trinajstić information content (AvgIpc) is 2.89. The molecule has 0 bridgehead atoms. The van der Waals surface area contributed by atoms with Gasteiger partial charge in [-0.1, -0.05) is 54.6 Å². The molecule has 8 nitrogen and oxygen atoms in total. The smallest absolute Gasteiger partial charge is 0.358 e. The Morgan fingerprint density at radius 1 is 0.788 bits per heavy atom. The van der Waals surface area contributed by atoms with Gasteiger partial charge in [0.05, 0.1) is 12.8 Å². The van der Waals surface area contributed by atoms with E-state index in [0.717, 1.165) is 60.7 Å². The number of carbonyl (C=O) groups excluding carboxylic acids is 1. The second kappa shape index (κ2) is 9.20. The maximum atomic E-state index is 11.6. The summed E-state index contributed by atoms with van der Waals surface area (Å²) in [6, 6.07) is 22.2. The van der Waals surface area contributed by atoms with Gasteiger partial charge in [0.15, 0.2) is 17.3 Å². The zero-order valence-corrected chi connectivity index (χ0v) is 18.4. The fraction of sp³-hybridized carbons (Fsp3) is 0.240. The number of ether oxygens (including phenoxy) is 1. The molecule has 0 amide bonds. The van der Waals surface area contributed by atoms with E-state index >= 15 is 0 Å². The first kappa shape index (κ1) is 20.8. The van der Waals surface area contributed by atoms with E-state index in [1.165, 1.54) is 12.7 Å². The van der Waals surface area contributed by atoms with Crippen LogP contribution in [0, 0.1) is 0 Å². The number of benzene rings is 2. The molecule has 4 aromatic rings. The number of esters is 1. The summed E-state index contributed by atoms with van der Waals surface area (Å²) in [5.41, 5.74) is 2.41. The van der Waals surface area contributed by atoms with Crippen LogP contribution in [0.2, 0.25) is 0 Å². The zero-order valence-electron chi connectivity index (χ0n) is 18.4. The SMILES string of the molecule is COC(=O)c1ccc(N2CCN(c3nnc(Cc4ccccc4)c4ccccc34)CC2)nn1. The van der Waals surface area contributed by atoms with Gasteiger partial charge >= 0.3 is 5.97 Å². The van der Waals surface area contributed by atoms with Crippen LogP contribution in [0.3, 0.4) is 0 Å². The quantitative estimate of drug-likeness (QED) is 0.438. The van der Waals surface area contributed by atoms with E-state index in [1.54, 1.807) is 6.07 Å². The summed E-state index contributed by atoms with van der Waals surface area (Å²) in [6.07, 6.45) is 0.753. The Labute approximate surface area is 191 Å². The lowest BCUT2D eigenvalue weighted by Gasteiger charge is -2.36. The lowest BCUT2D eigenvalue weighted by molar-refractivity contribution is 0.0592. The van der Waals surface area contributed by atoms with Gasteiger partial charge in [-0.3, -0.25) is 0 Å². The molecule has 1 aliphatic heterocycles. The Balaban J connectivity index is 1.33. The van der Waals surface area contributed by atoms with Gasteiger partial charge < -0.3 is 14.5 Å². The Morgan fingerprint density at radius 3 is 2.18 bits per heavy atom. The van der Waals surface area contributed by atoms with Crippen LogP contribution in [0.15, 0.2) is 66.7 Å². The lowest BCUT2D eigenvalue weighted by Crippen LogP contribution is -2.47. The van der Waals surface area contributed by atoms with Crippen molar-refractivity contribution in [2.24, 2.45) is 0 Å². The van der Waals surface area contributed by atoms with Crippen LogP contribution >= 0.6 is 0 Å². The fourth-order valence-electron chi connectivity index (χ4n) is 4.15. The van der Waals surface area contributed by atoms with Gasteiger partial charge in [-0.15, -0.1) is 15.3 Å². The molecule has 33 heavy (non-hydrogen) atoms. The molecular weight excluding hydrogens is 416 g/mol. The fourth-order valence-corrected chi connectivity index (χ4v) is 4.15. The van der Waals surface area contributed by atoms with Gasteiger partial charge in [-0.2, -0.15) is 5.10 Å². The van der Waals surface area contributed by atoms with Gasteiger partial charge in [0.25, 0.3) is 0 Å². The molecule has 0 radical (unpaired) electrons. The van der Waals surface area contributed by atoms with Crippen molar-refractivity contribution in [1.29, 1.82) is 0 Å². The van der Waals surface area contributed by atoms with E-state index in [2.05, 4.69) is 71.3 Å². The van der Waals surface area contributed by atoms with Crippen molar-refractivity contribution >= 4 is 28.4 Å². The molecule has 166 valence electrons. The summed E-state index contributed by atoms with van der Waals surface area (Å²) in [5.74, 6) is 1.17. The molecule has 0 spiro atoms. The van der Waals surface area contributed by atoms with E-state index in [4.69, 9.17) is 0 Å². The maximum Gasteiger partial charge on any atom is 0.358 e. The topological polar surface area (TPSA) is 84.3 Å². The van der Waals surface area contributed by atoms with Crippen LogP contribution in [0.4, 0.5) is 11.6 Å². The van der Waals surface area contributed by atoms with Gasteiger partial charge in [-0.25, -0.2) is 4.79 Å². The highest BCUT2D eigenvalue weighted by Crippen LogP contribution is 2.28. The number of piperazine rings is 1. The lowest BCUT2D eigenvalue weighted by atomic mass is 10.0. The molecule has 1 aliphatic rings. The van der Waals surface area contributed by atoms with Crippen molar-refractivity contribution in [1.82, 2.24) is 20.4 Å². The second-order valence-corrected chi connectivity index (χ2v) is 7.92. The summed E-state index contributed by atoms with van der Waals surface area (Å²) >= 11 is 0. The van der Waals surface area contributed by atoms with Crippen molar-refractivity contribution in [2.45, 2.75) is 6.42 Å². The molecule has 0 unspecified atom stereocenters. The van der Waals surface area contributed by atoms with E-state index in [0.29, 0.717) is 0 Å². The van der Waals surface area contributed by atoms with E-state index in [1.807, 2.05) is 24.3 Å². The first-order chi connectivity index (χ1) is 16.2. The maximum absolute atomic E-state index is 11.6. The number of fused-ring (bicyclic) bond motifs is 1. The van der Waals surface area contributed by atoms with E-state index in [9.17, 15) is 4.79 Å². The summed E-state index contributed by atoms with van der Waals surface area (Å²) in [5, 5.41) is 19.7. The summed E-state index contributed by atoms with van der Waals surface area (Å²) in [7, 11) is 1.33. The van der Waals surface area contributed by atoms with Crippen molar-refractivity contribution in [2.75, 3.05) is 43.1 Å². The van der Waals surface area contributed by atoms with Crippen molar-refractivity contribution in [3.63, 3.8) is 0 Å². The molecule has 1 fully saturated rings. The van der Waals surface area contributed by atoms with Crippen LogP contribution in [-0.2, 0) is 11.2 Å². The minimum atomic E-state index is -0.486. The molecule has 0 N–H and O–H groups in total. The summed E-state index contributed by atoms with van der Waals surface area (Å²) in [4.78, 5) is 16.0. The van der Waals surface area contributed by atoms with Gasteiger partial charge in [0.2, 0.25) is 0 Å². The van der Waals surface area contributed by atoms with E-state index < -0.39 is 5.97 Å². The molecule has 2 aromatic heterocycles. The molecule has 0 saturated carbocycles. The van der Waals surface area contributed by atoms with Crippen molar-refractivity contribution in [3.8, 4) is 0 Å². The number of methoxy groups -OCH3 is 1. The highest BCUT2D eigenvalue weighted by molar-refractivity contribution is 5.93. The minimum absolute atomic E-state index is 0.206. The monoisotopic (exact) mass is 440 g/mol. The molecule has 3 heterocycles. The van der Waals surface area contributed by atoms with Crippen LogP contribution in [0.25, 0.3) is 10.8 Å². The van der Waals surface area contributed by atoms with Gasteiger partial charge in [0.1, 0.15) is 0 Å². The highest BCUT2D eigenvalue weighted by Gasteiger charge is 2.22. The van der Waals surface area contributed by atoms with Crippen molar-refractivity contribution < 1.29 is 9.53 Å². The third kappa shape index (κ3) is 4.32. The predicted octanol–water partition coefficient (Wildman–Crippen LogP) is 3.12. The normalized spacial score (nSPS) is 13.8. The molecular formula is C25H24N6O2. The Bertz CT molecular complexity index is 1260. The predicted molar refractivity (Wildman–Crippen MR) is 127 cm³/mol. The second-order valence-electron chi connectivity index (χ2n) is 7.92. The third-order valence-electron chi connectivity index (χ3n) is 5.91. The minimum Gasteiger partial charge on any atom is -0.464 e. The Kier molecular flexibility index (Phi) is 5.80. The third-order valence-corrected chi connectivity index (χ3v) is 5.91. The number of hydrogen-bond donors (Lipinski definition) is 0. The van der Waals surface area contributed by atoms with Crippen LogP contribution in [0.1, 0.15) is 21.7 Å². The number of nitrogens with zero attached hydrogens (tertiary/aromatic N) is 6. The first-order valence-corrected chi connectivity index (χ1v) is 10.9. The number of hydrogen-bond acceptors (Lipinski definition) is 8.